The van der Waals surface area contributed by atoms with E-state index in [0.717, 1.165) is 36.8 Å². The molecule has 3 aromatic rings. The fourth-order valence-electron chi connectivity index (χ4n) is 3.92. The molecule has 0 spiro atoms. The molecule has 1 heterocycles. The topological polar surface area (TPSA) is 68.5 Å². The average Bonchev–Trinajstić information content (AvgIpc) is 3.26. The molecule has 1 aromatic heterocycles. The van der Waals surface area contributed by atoms with Crippen LogP contribution in [0.1, 0.15) is 43.6 Å². The average molecular weight is 405 g/mol. The number of ether oxygens (including phenoxy) is 1. The van der Waals surface area contributed by atoms with Crippen LogP contribution in [0.25, 0.3) is 11.4 Å². The lowest BCUT2D eigenvalue weighted by atomic mass is 9.94. The van der Waals surface area contributed by atoms with Crippen LogP contribution >= 0.6 is 0 Å². The molecule has 30 heavy (non-hydrogen) atoms. The standard InChI is InChI=1S/C24H27N3O3/c1-18-9-8-14-21(15-18)29-17-23(28)27(20-12-6-3-7-13-20)16-22-25-24(26-30-22)19-10-4-2-5-11-19/h2,4-5,8-11,14-15,20H,3,6-7,12-13,16-17H2,1H3. The molecule has 1 fully saturated rings. The van der Waals surface area contributed by atoms with Crippen LogP contribution in [0, 0.1) is 6.92 Å². The number of rotatable bonds is 7. The lowest BCUT2D eigenvalue weighted by Crippen LogP contribution is -2.43. The SMILES string of the molecule is Cc1cccc(OCC(=O)N(Cc2nc(-c3ccccc3)no2)C2CCCCC2)c1. The maximum Gasteiger partial charge on any atom is 0.261 e. The van der Waals surface area contributed by atoms with Gasteiger partial charge in [-0.05, 0) is 37.5 Å². The number of hydrogen-bond donors (Lipinski definition) is 0. The molecule has 1 amide bonds. The molecular weight excluding hydrogens is 378 g/mol. The van der Waals surface area contributed by atoms with Gasteiger partial charge in [0.2, 0.25) is 11.7 Å². The zero-order chi connectivity index (χ0) is 20.8. The van der Waals surface area contributed by atoms with Crippen LogP contribution in [0.15, 0.2) is 59.1 Å². The highest BCUT2D eigenvalue weighted by atomic mass is 16.5. The molecule has 1 aliphatic carbocycles. The van der Waals surface area contributed by atoms with Crippen LogP contribution in [-0.2, 0) is 11.3 Å². The summed E-state index contributed by atoms with van der Waals surface area (Å²) in [5.41, 5.74) is 1.99. The van der Waals surface area contributed by atoms with Crippen LogP contribution in [0.3, 0.4) is 0 Å². The maximum absolute atomic E-state index is 13.1. The molecule has 0 radical (unpaired) electrons. The minimum Gasteiger partial charge on any atom is -0.484 e. The second-order valence-corrected chi connectivity index (χ2v) is 7.80. The molecule has 0 saturated heterocycles. The molecule has 2 aromatic carbocycles. The van der Waals surface area contributed by atoms with Gasteiger partial charge in [0.25, 0.3) is 5.91 Å². The summed E-state index contributed by atoms with van der Waals surface area (Å²) in [5.74, 6) is 1.64. The van der Waals surface area contributed by atoms with Crippen molar-refractivity contribution in [3.63, 3.8) is 0 Å². The van der Waals surface area contributed by atoms with Gasteiger partial charge in [0.05, 0.1) is 0 Å². The Labute approximate surface area is 176 Å². The summed E-state index contributed by atoms with van der Waals surface area (Å²) in [5, 5.41) is 4.09. The molecule has 1 saturated carbocycles. The zero-order valence-corrected chi connectivity index (χ0v) is 17.3. The van der Waals surface area contributed by atoms with Gasteiger partial charge in [0.15, 0.2) is 6.61 Å². The lowest BCUT2D eigenvalue weighted by Gasteiger charge is -2.33. The molecule has 0 atom stereocenters. The van der Waals surface area contributed by atoms with Crippen molar-refractivity contribution < 1.29 is 14.1 Å². The fraction of sp³-hybridized carbons (Fsp3) is 0.375. The zero-order valence-electron chi connectivity index (χ0n) is 17.3. The molecule has 6 nitrogen and oxygen atoms in total. The van der Waals surface area contributed by atoms with Crippen molar-refractivity contribution in [2.75, 3.05) is 6.61 Å². The van der Waals surface area contributed by atoms with Crippen LogP contribution in [-0.4, -0.2) is 33.6 Å². The largest absolute Gasteiger partial charge is 0.484 e. The molecule has 156 valence electrons. The van der Waals surface area contributed by atoms with Crippen LogP contribution in [0.2, 0.25) is 0 Å². The summed E-state index contributed by atoms with van der Waals surface area (Å²) in [7, 11) is 0. The number of aromatic nitrogens is 2. The summed E-state index contributed by atoms with van der Waals surface area (Å²) >= 11 is 0. The van der Waals surface area contributed by atoms with Gasteiger partial charge in [-0.3, -0.25) is 4.79 Å². The van der Waals surface area contributed by atoms with Gasteiger partial charge in [0, 0.05) is 11.6 Å². The highest BCUT2D eigenvalue weighted by molar-refractivity contribution is 5.78. The Bertz CT molecular complexity index is 965. The smallest absolute Gasteiger partial charge is 0.261 e. The van der Waals surface area contributed by atoms with Crippen LogP contribution in [0.4, 0.5) is 0 Å². The van der Waals surface area contributed by atoms with Gasteiger partial charge < -0.3 is 14.2 Å². The second kappa shape index (κ2) is 9.57. The molecule has 0 unspecified atom stereocenters. The molecule has 0 N–H and O–H groups in total. The number of benzene rings is 2. The molecule has 4 rings (SSSR count). The van der Waals surface area contributed by atoms with Crippen molar-refractivity contribution in [1.29, 1.82) is 0 Å². The van der Waals surface area contributed by atoms with Gasteiger partial charge in [0.1, 0.15) is 12.3 Å². The van der Waals surface area contributed by atoms with Crippen molar-refractivity contribution in [2.45, 2.75) is 51.6 Å². The Morgan fingerprint density at radius 3 is 2.67 bits per heavy atom. The number of amides is 1. The molecule has 0 bridgehead atoms. The number of hydrogen-bond acceptors (Lipinski definition) is 5. The first kappa shape index (κ1) is 20.1. The fourth-order valence-corrected chi connectivity index (χ4v) is 3.92. The summed E-state index contributed by atoms with van der Waals surface area (Å²) in [4.78, 5) is 19.5. The van der Waals surface area contributed by atoms with Crippen molar-refractivity contribution in [2.24, 2.45) is 0 Å². The van der Waals surface area contributed by atoms with E-state index >= 15 is 0 Å². The number of carbonyl (C=O) groups excluding carboxylic acids is 1. The van der Waals surface area contributed by atoms with Crippen molar-refractivity contribution >= 4 is 5.91 Å². The molecule has 1 aliphatic rings. The van der Waals surface area contributed by atoms with Gasteiger partial charge in [-0.25, -0.2) is 0 Å². The van der Waals surface area contributed by atoms with Crippen LogP contribution in [0.5, 0.6) is 5.75 Å². The normalized spacial score (nSPS) is 14.4. The van der Waals surface area contributed by atoms with E-state index in [1.54, 1.807) is 0 Å². The quantitative estimate of drug-likeness (QED) is 0.566. The summed E-state index contributed by atoms with van der Waals surface area (Å²) in [6, 6.07) is 17.6. The Balaban J connectivity index is 1.47. The third kappa shape index (κ3) is 5.06. The van der Waals surface area contributed by atoms with E-state index in [2.05, 4.69) is 10.1 Å². The van der Waals surface area contributed by atoms with E-state index in [1.165, 1.54) is 6.42 Å². The summed E-state index contributed by atoms with van der Waals surface area (Å²) in [6.45, 7) is 2.31. The Hall–Kier alpha value is -3.15. The highest BCUT2D eigenvalue weighted by Crippen LogP contribution is 2.25. The summed E-state index contributed by atoms with van der Waals surface area (Å²) in [6.07, 6.45) is 5.47. The minimum atomic E-state index is -0.0529. The van der Waals surface area contributed by atoms with E-state index in [0.29, 0.717) is 24.0 Å². The van der Waals surface area contributed by atoms with Crippen molar-refractivity contribution in [3.05, 3.63) is 66.1 Å². The number of nitrogens with zero attached hydrogens (tertiary/aromatic N) is 3. The predicted molar refractivity (Wildman–Crippen MR) is 114 cm³/mol. The molecule has 6 heteroatoms. The first-order chi connectivity index (χ1) is 14.7. The molecular formula is C24H27N3O3. The van der Waals surface area contributed by atoms with Gasteiger partial charge in [-0.2, -0.15) is 4.98 Å². The van der Waals surface area contributed by atoms with Crippen molar-refractivity contribution in [1.82, 2.24) is 15.0 Å². The first-order valence-corrected chi connectivity index (χ1v) is 10.6. The lowest BCUT2D eigenvalue weighted by molar-refractivity contribution is -0.137. The van der Waals surface area contributed by atoms with Gasteiger partial charge in [-0.1, -0.05) is 66.9 Å². The third-order valence-electron chi connectivity index (χ3n) is 5.49. The minimum absolute atomic E-state index is 0.000364. The van der Waals surface area contributed by atoms with E-state index in [-0.39, 0.29) is 18.6 Å². The van der Waals surface area contributed by atoms with E-state index in [4.69, 9.17) is 9.26 Å². The van der Waals surface area contributed by atoms with E-state index in [1.807, 2.05) is 66.4 Å². The maximum atomic E-state index is 13.1. The Morgan fingerprint density at radius 1 is 1.10 bits per heavy atom. The second-order valence-electron chi connectivity index (χ2n) is 7.80. The first-order valence-electron chi connectivity index (χ1n) is 10.6. The summed E-state index contributed by atoms with van der Waals surface area (Å²) < 4.78 is 11.2. The van der Waals surface area contributed by atoms with Crippen LogP contribution < -0.4 is 4.74 Å². The Morgan fingerprint density at radius 2 is 1.90 bits per heavy atom. The number of aryl methyl sites for hydroxylation is 1. The van der Waals surface area contributed by atoms with E-state index in [9.17, 15) is 4.79 Å². The van der Waals surface area contributed by atoms with Crippen molar-refractivity contribution in [3.8, 4) is 17.1 Å². The van der Waals surface area contributed by atoms with E-state index < -0.39 is 0 Å². The highest BCUT2D eigenvalue weighted by Gasteiger charge is 2.27. The van der Waals surface area contributed by atoms with Gasteiger partial charge in [-0.15, -0.1) is 0 Å². The Kier molecular flexibility index (Phi) is 6.42. The number of carbonyl (C=O) groups is 1. The molecule has 0 aliphatic heterocycles. The predicted octanol–water partition coefficient (Wildman–Crippen LogP) is 4.79. The third-order valence-corrected chi connectivity index (χ3v) is 5.49. The van der Waals surface area contributed by atoms with Gasteiger partial charge >= 0.3 is 0 Å². The monoisotopic (exact) mass is 405 g/mol.